The maximum absolute atomic E-state index is 12.2. The molecule has 1 saturated heterocycles. The largest absolute Gasteiger partial charge is 0.331 e. The normalized spacial score (nSPS) is 17.9. The van der Waals surface area contributed by atoms with Crippen molar-refractivity contribution in [2.75, 3.05) is 32.7 Å². The lowest BCUT2D eigenvalue weighted by Gasteiger charge is -2.34. The predicted molar refractivity (Wildman–Crippen MR) is 113 cm³/mol. The van der Waals surface area contributed by atoms with Crippen LogP contribution in [0.2, 0.25) is 0 Å². The van der Waals surface area contributed by atoms with Gasteiger partial charge in [-0.25, -0.2) is 14.3 Å². The van der Waals surface area contributed by atoms with Gasteiger partial charge in [-0.05, 0) is 25.0 Å². The predicted octanol–water partition coefficient (Wildman–Crippen LogP) is 0.780. The Labute approximate surface area is 175 Å². The minimum atomic E-state index is -0.0740. The third kappa shape index (κ3) is 4.08. The molecule has 2 aliphatic rings. The van der Waals surface area contributed by atoms with Crippen molar-refractivity contribution in [2.45, 2.75) is 38.9 Å². The highest BCUT2D eigenvalue weighted by molar-refractivity contribution is 5.17. The van der Waals surface area contributed by atoms with Gasteiger partial charge in [0.1, 0.15) is 5.82 Å². The topological polar surface area (TPSA) is 77.0 Å². The molecule has 3 aromatic rings. The van der Waals surface area contributed by atoms with Crippen molar-refractivity contribution in [3.63, 3.8) is 0 Å². The van der Waals surface area contributed by atoms with Crippen molar-refractivity contribution in [3.8, 4) is 5.82 Å². The molecule has 0 spiro atoms. The molecular weight excluding hydrogens is 380 g/mol. The lowest BCUT2D eigenvalue weighted by Crippen LogP contribution is -2.47. The first-order valence-corrected chi connectivity index (χ1v) is 10.8. The van der Waals surface area contributed by atoms with Gasteiger partial charge in [-0.2, -0.15) is 5.10 Å². The number of piperazine rings is 1. The van der Waals surface area contributed by atoms with Crippen molar-refractivity contribution in [3.05, 3.63) is 58.7 Å². The molecule has 0 saturated carbocycles. The summed E-state index contributed by atoms with van der Waals surface area (Å²) in [4.78, 5) is 21.7. The number of fused-ring (bicyclic) bond motifs is 1. The Hall–Kier alpha value is -2.78. The van der Waals surface area contributed by atoms with Gasteiger partial charge >= 0.3 is 0 Å². The Kier molecular flexibility index (Phi) is 5.46. The molecule has 9 heteroatoms. The van der Waals surface area contributed by atoms with Gasteiger partial charge in [0.25, 0.3) is 5.56 Å². The van der Waals surface area contributed by atoms with E-state index >= 15 is 0 Å². The maximum Gasteiger partial charge on any atom is 0.266 e. The molecule has 0 unspecified atom stereocenters. The molecule has 0 amide bonds. The quantitative estimate of drug-likeness (QED) is 0.600. The third-order valence-corrected chi connectivity index (χ3v) is 6.12. The summed E-state index contributed by atoms with van der Waals surface area (Å²) in [7, 11) is 0. The van der Waals surface area contributed by atoms with Crippen molar-refractivity contribution in [2.24, 2.45) is 0 Å². The van der Waals surface area contributed by atoms with Gasteiger partial charge in [-0.1, -0.05) is 0 Å². The molecule has 0 aromatic carbocycles. The van der Waals surface area contributed by atoms with Crippen LogP contribution < -0.4 is 5.56 Å². The van der Waals surface area contributed by atoms with Gasteiger partial charge in [0, 0.05) is 76.9 Å². The first-order valence-electron chi connectivity index (χ1n) is 10.8. The highest BCUT2D eigenvalue weighted by Crippen LogP contribution is 2.18. The molecule has 1 fully saturated rings. The Balaban J connectivity index is 1.14. The first-order chi connectivity index (χ1) is 14.8. The fourth-order valence-electron chi connectivity index (χ4n) is 4.37. The van der Waals surface area contributed by atoms with E-state index in [9.17, 15) is 4.79 Å². The zero-order chi connectivity index (χ0) is 20.3. The Morgan fingerprint density at radius 1 is 0.967 bits per heavy atom. The monoisotopic (exact) mass is 408 g/mol. The molecule has 3 aromatic heterocycles. The van der Waals surface area contributed by atoms with Gasteiger partial charge < -0.3 is 4.57 Å². The van der Waals surface area contributed by atoms with E-state index in [1.165, 1.54) is 24.4 Å². The van der Waals surface area contributed by atoms with E-state index in [2.05, 4.69) is 35.7 Å². The number of imidazole rings is 1. The summed E-state index contributed by atoms with van der Waals surface area (Å²) in [5, 5.41) is 8.65. The van der Waals surface area contributed by atoms with Crippen LogP contribution in [0.15, 0.2) is 41.6 Å². The van der Waals surface area contributed by atoms with Crippen LogP contribution in [0, 0.1) is 0 Å². The second-order valence-electron chi connectivity index (χ2n) is 8.10. The van der Waals surface area contributed by atoms with E-state index in [0.717, 1.165) is 52.2 Å². The van der Waals surface area contributed by atoms with Crippen LogP contribution in [-0.2, 0) is 26.1 Å². The fourth-order valence-corrected chi connectivity index (χ4v) is 4.37. The summed E-state index contributed by atoms with van der Waals surface area (Å²) < 4.78 is 5.63. The van der Waals surface area contributed by atoms with Crippen molar-refractivity contribution in [1.29, 1.82) is 0 Å². The summed E-state index contributed by atoms with van der Waals surface area (Å²) in [6.45, 7) is 7.60. The standard InChI is InChI=1S/C21H28N8O/c30-21-6-5-20(28-9-3-7-23-28)24-29(21)15-14-25-10-12-26(13-11-25)17-18-16-22-19-4-1-2-8-27(18)19/h3,5-7,9,16H,1-2,4,8,10-15,17H2. The van der Waals surface area contributed by atoms with E-state index in [0.29, 0.717) is 12.4 Å². The molecule has 0 aliphatic carbocycles. The van der Waals surface area contributed by atoms with E-state index in [4.69, 9.17) is 0 Å². The van der Waals surface area contributed by atoms with Crippen LogP contribution in [0.5, 0.6) is 0 Å². The zero-order valence-corrected chi connectivity index (χ0v) is 17.2. The zero-order valence-electron chi connectivity index (χ0n) is 17.2. The molecular formula is C21H28N8O. The second kappa shape index (κ2) is 8.53. The summed E-state index contributed by atoms with van der Waals surface area (Å²) in [6.07, 6.45) is 9.24. The Morgan fingerprint density at radius 3 is 2.67 bits per heavy atom. The minimum Gasteiger partial charge on any atom is -0.331 e. The van der Waals surface area contributed by atoms with Crippen molar-refractivity contribution in [1.82, 2.24) is 38.9 Å². The number of nitrogens with zero attached hydrogens (tertiary/aromatic N) is 8. The number of hydrogen-bond donors (Lipinski definition) is 0. The van der Waals surface area contributed by atoms with Crippen LogP contribution >= 0.6 is 0 Å². The van der Waals surface area contributed by atoms with E-state index in [-0.39, 0.29) is 5.56 Å². The summed E-state index contributed by atoms with van der Waals surface area (Å²) in [6, 6.07) is 5.12. The van der Waals surface area contributed by atoms with Crippen LogP contribution in [0.3, 0.4) is 0 Å². The SMILES string of the molecule is O=c1ccc(-n2cccn2)nn1CCN1CCN(Cc2cnc3n2CCCC3)CC1. The van der Waals surface area contributed by atoms with Gasteiger partial charge in [-0.3, -0.25) is 14.6 Å². The van der Waals surface area contributed by atoms with E-state index in [1.807, 2.05) is 12.3 Å². The van der Waals surface area contributed by atoms with Crippen LogP contribution in [0.1, 0.15) is 24.4 Å². The molecule has 2 aliphatic heterocycles. The highest BCUT2D eigenvalue weighted by atomic mass is 16.1. The molecule has 0 N–H and O–H groups in total. The first kappa shape index (κ1) is 19.2. The number of aromatic nitrogens is 6. The van der Waals surface area contributed by atoms with E-state index < -0.39 is 0 Å². The maximum atomic E-state index is 12.2. The number of hydrogen-bond acceptors (Lipinski definition) is 6. The molecule has 0 radical (unpaired) electrons. The minimum absolute atomic E-state index is 0.0740. The van der Waals surface area contributed by atoms with Crippen LogP contribution in [0.4, 0.5) is 0 Å². The summed E-state index contributed by atoms with van der Waals surface area (Å²) in [5.41, 5.74) is 1.28. The average molecular weight is 409 g/mol. The Bertz CT molecular complexity index is 1030. The summed E-state index contributed by atoms with van der Waals surface area (Å²) >= 11 is 0. The molecule has 30 heavy (non-hydrogen) atoms. The van der Waals surface area contributed by atoms with Crippen molar-refractivity contribution >= 4 is 0 Å². The smallest absolute Gasteiger partial charge is 0.266 e. The molecule has 0 atom stereocenters. The van der Waals surface area contributed by atoms with Crippen LogP contribution in [0.25, 0.3) is 5.82 Å². The second-order valence-corrected chi connectivity index (χ2v) is 8.10. The highest BCUT2D eigenvalue weighted by Gasteiger charge is 2.20. The molecule has 5 rings (SSSR count). The summed E-state index contributed by atoms with van der Waals surface area (Å²) in [5.74, 6) is 1.92. The average Bonchev–Trinajstić information content (AvgIpc) is 3.45. The Morgan fingerprint density at radius 2 is 1.83 bits per heavy atom. The van der Waals surface area contributed by atoms with E-state index in [1.54, 1.807) is 27.7 Å². The lowest BCUT2D eigenvalue weighted by atomic mass is 10.1. The fraction of sp³-hybridized carbons (Fsp3) is 0.524. The van der Waals surface area contributed by atoms with Gasteiger partial charge in [0.15, 0.2) is 5.82 Å². The molecule has 0 bridgehead atoms. The number of rotatable bonds is 6. The number of aryl methyl sites for hydroxylation is 1. The van der Waals surface area contributed by atoms with Gasteiger partial charge in [0.2, 0.25) is 0 Å². The van der Waals surface area contributed by atoms with Gasteiger partial charge in [0.05, 0.1) is 12.2 Å². The lowest BCUT2D eigenvalue weighted by molar-refractivity contribution is 0.120. The molecule has 9 nitrogen and oxygen atoms in total. The third-order valence-electron chi connectivity index (χ3n) is 6.12. The van der Waals surface area contributed by atoms with Crippen LogP contribution in [-0.4, -0.2) is 71.6 Å². The molecule has 158 valence electrons. The van der Waals surface area contributed by atoms with Gasteiger partial charge in [-0.15, -0.1) is 5.10 Å². The van der Waals surface area contributed by atoms with Crippen molar-refractivity contribution < 1.29 is 0 Å². The molecule has 5 heterocycles.